The van der Waals surface area contributed by atoms with Crippen molar-refractivity contribution in [2.75, 3.05) is 0 Å². The zero-order valence-electron chi connectivity index (χ0n) is 12.0. The molecule has 120 valence electrons. The second-order valence-corrected chi connectivity index (χ2v) is 5.47. The monoisotopic (exact) mass is 346 g/mol. The predicted octanol–water partition coefficient (Wildman–Crippen LogP) is 3.20. The van der Waals surface area contributed by atoms with E-state index < -0.39 is 11.6 Å². The minimum absolute atomic E-state index is 0.000944. The summed E-state index contributed by atoms with van der Waals surface area (Å²) in [4.78, 5) is 4.47. The van der Waals surface area contributed by atoms with Crippen molar-refractivity contribution < 1.29 is 8.78 Å². The molecule has 0 saturated carbocycles. The van der Waals surface area contributed by atoms with Gasteiger partial charge in [-0.1, -0.05) is 16.8 Å². The van der Waals surface area contributed by atoms with Crippen LogP contribution >= 0.6 is 11.6 Å². The molecule has 0 atom stereocenters. The molecule has 0 bridgehead atoms. The van der Waals surface area contributed by atoms with Crippen molar-refractivity contribution in [1.82, 2.24) is 30.2 Å². The van der Waals surface area contributed by atoms with Gasteiger partial charge in [0.15, 0.2) is 5.65 Å². The summed E-state index contributed by atoms with van der Waals surface area (Å²) in [7, 11) is 0. The number of rotatable bonds is 3. The minimum Gasteiger partial charge on any atom is -0.285 e. The summed E-state index contributed by atoms with van der Waals surface area (Å²) in [5.74, 6) is -1.31. The van der Waals surface area contributed by atoms with Crippen molar-refractivity contribution in [2.24, 2.45) is 0 Å². The Morgan fingerprint density at radius 2 is 1.96 bits per heavy atom. The van der Waals surface area contributed by atoms with Crippen LogP contribution in [0.5, 0.6) is 0 Å². The molecule has 0 saturated heterocycles. The molecule has 0 spiro atoms. The van der Waals surface area contributed by atoms with E-state index in [1.807, 2.05) is 0 Å². The van der Waals surface area contributed by atoms with Crippen LogP contribution < -0.4 is 0 Å². The highest BCUT2D eigenvalue weighted by molar-refractivity contribution is 6.31. The molecule has 6 nitrogen and oxygen atoms in total. The maximum atomic E-state index is 14.0. The summed E-state index contributed by atoms with van der Waals surface area (Å²) in [5.41, 5.74) is 2.42. The largest absolute Gasteiger partial charge is 0.285 e. The van der Waals surface area contributed by atoms with Crippen LogP contribution in [-0.4, -0.2) is 30.2 Å². The molecule has 3 heterocycles. The quantitative estimate of drug-likeness (QED) is 0.578. The summed E-state index contributed by atoms with van der Waals surface area (Å²) >= 11 is 5.87. The lowest BCUT2D eigenvalue weighted by atomic mass is 10.2. The van der Waals surface area contributed by atoms with Gasteiger partial charge in [0.25, 0.3) is 0 Å². The maximum Gasteiger partial charge on any atom is 0.179 e. The number of benzene rings is 1. The number of pyridine rings is 1. The molecule has 1 aromatic carbocycles. The molecular formula is C15H9ClF2N6. The SMILES string of the molecule is Fc1ccc(F)c(Cn2nnc3ccc(-c4cn[nH]c4)nc32)c1Cl. The zero-order chi connectivity index (χ0) is 16.7. The number of hydrogen-bond acceptors (Lipinski definition) is 4. The van der Waals surface area contributed by atoms with E-state index in [1.165, 1.54) is 4.68 Å². The van der Waals surface area contributed by atoms with E-state index in [1.54, 1.807) is 24.5 Å². The Bertz CT molecular complexity index is 1030. The van der Waals surface area contributed by atoms with Crippen molar-refractivity contribution in [2.45, 2.75) is 6.54 Å². The van der Waals surface area contributed by atoms with Gasteiger partial charge in [-0.15, -0.1) is 5.10 Å². The lowest BCUT2D eigenvalue weighted by Crippen LogP contribution is -2.06. The fourth-order valence-electron chi connectivity index (χ4n) is 2.38. The van der Waals surface area contributed by atoms with Gasteiger partial charge in [0, 0.05) is 17.3 Å². The third-order valence-corrected chi connectivity index (χ3v) is 4.01. The fourth-order valence-corrected chi connectivity index (χ4v) is 2.59. The van der Waals surface area contributed by atoms with Crippen LogP contribution in [0.3, 0.4) is 0 Å². The smallest absolute Gasteiger partial charge is 0.179 e. The number of aromatic amines is 1. The van der Waals surface area contributed by atoms with Crippen molar-refractivity contribution in [3.05, 3.63) is 58.9 Å². The van der Waals surface area contributed by atoms with E-state index in [2.05, 4.69) is 25.5 Å². The van der Waals surface area contributed by atoms with Gasteiger partial charge in [0.05, 0.1) is 23.5 Å². The van der Waals surface area contributed by atoms with Gasteiger partial charge in [-0.05, 0) is 24.3 Å². The first-order valence-corrected chi connectivity index (χ1v) is 7.33. The zero-order valence-corrected chi connectivity index (χ0v) is 12.8. The van der Waals surface area contributed by atoms with Crippen LogP contribution in [0.4, 0.5) is 8.78 Å². The fraction of sp³-hybridized carbons (Fsp3) is 0.0667. The average Bonchev–Trinajstić information content (AvgIpc) is 3.24. The number of nitrogens with zero attached hydrogens (tertiary/aromatic N) is 5. The number of H-pyrrole nitrogens is 1. The standard InChI is InChI=1S/C15H9ClF2N6/c16-14-9(10(17)1-2-11(14)18)7-24-15-13(22-23-24)4-3-12(21-15)8-5-19-20-6-8/h1-6H,7H2,(H,19,20). The highest BCUT2D eigenvalue weighted by Crippen LogP contribution is 2.25. The van der Waals surface area contributed by atoms with Gasteiger partial charge in [0.1, 0.15) is 17.2 Å². The van der Waals surface area contributed by atoms with E-state index in [0.29, 0.717) is 16.9 Å². The van der Waals surface area contributed by atoms with Crippen LogP contribution in [0.25, 0.3) is 22.4 Å². The third-order valence-electron chi connectivity index (χ3n) is 3.60. The highest BCUT2D eigenvalue weighted by Gasteiger charge is 2.16. The maximum absolute atomic E-state index is 14.0. The number of halogens is 3. The van der Waals surface area contributed by atoms with Gasteiger partial charge in [-0.3, -0.25) is 5.10 Å². The van der Waals surface area contributed by atoms with Crippen molar-refractivity contribution in [3.8, 4) is 11.3 Å². The van der Waals surface area contributed by atoms with Gasteiger partial charge < -0.3 is 0 Å². The molecule has 0 aliphatic heterocycles. The molecule has 4 aromatic rings. The summed E-state index contributed by atoms with van der Waals surface area (Å²) in [5, 5.41) is 14.3. The second-order valence-electron chi connectivity index (χ2n) is 5.10. The van der Waals surface area contributed by atoms with Crippen molar-refractivity contribution in [3.63, 3.8) is 0 Å². The molecule has 24 heavy (non-hydrogen) atoms. The first-order valence-electron chi connectivity index (χ1n) is 6.95. The van der Waals surface area contributed by atoms with Crippen LogP contribution in [0.2, 0.25) is 5.02 Å². The number of aromatic nitrogens is 6. The Morgan fingerprint density at radius 1 is 1.12 bits per heavy atom. The molecule has 0 radical (unpaired) electrons. The molecular weight excluding hydrogens is 338 g/mol. The van der Waals surface area contributed by atoms with E-state index in [9.17, 15) is 8.78 Å². The van der Waals surface area contributed by atoms with Crippen LogP contribution in [0, 0.1) is 11.6 Å². The summed E-state index contributed by atoms with van der Waals surface area (Å²) in [6.45, 7) is -0.0826. The van der Waals surface area contributed by atoms with Crippen LogP contribution in [-0.2, 0) is 6.54 Å². The Morgan fingerprint density at radius 3 is 2.75 bits per heavy atom. The molecule has 0 amide bonds. The third kappa shape index (κ3) is 2.41. The predicted molar refractivity (Wildman–Crippen MR) is 83.4 cm³/mol. The summed E-state index contributed by atoms with van der Waals surface area (Å²) in [6, 6.07) is 5.54. The first-order chi connectivity index (χ1) is 11.6. The lowest BCUT2D eigenvalue weighted by molar-refractivity contribution is 0.565. The lowest BCUT2D eigenvalue weighted by Gasteiger charge is -2.07. The molecule has 0 fully saturated rings. The van der Waals surface area contributed by atoms with E-state index in [0.717, 1.165) is 17.7 Å². The summed E-state index contributed by atoms with van der Waals surface area (Å²) in [6.07, 6.45) is 3.33. The molecule has 1 N–H and O–H groups in total. The number of hydrogen-bond donors (Lipinski definition) is 1. The average molecular weight is 347 g/mol. The van der Waals surface area contributed by atoms with Crippen LogP contribution in [0.15, 0.2) is 36.7 Å². The Balaban J connectivity index is 1.80. The minimum atomic E-state index is -0.690. The summed E-state index contributed by atoms with van der Waals surface area (Å²) < 4.78 is 28.9. The van der Waals surface area contributed by atoms with Crippen molar-refractivity contribution >= 4 is 22.8 Å². The van der Waals surface area contributed by atoms with Crippen molar-refractivity contribution in [1.29, 1.82) is 0 Å². The highest BCUT2D eigenvalue weighted by atomic mass is 35.5. The van der Waals surface area contributed by atoms with E-state index in [4.69, 9.17) is 11.6 Å². The first kappa shape index (κ1) is 14.7. The molecule has 0 aliphatic rings. The molecule has 3 aromatic heterocycles. The normalized spacial score (nSPS) is 11.3. The van der Waals surface area contributed by atoms with Gasteiger partial charge >= 0.3 is 0 Å². The molecule has 0 unspecified atom stereocenters. The molecule has 9 heteroatoms. The number of nitrogens with one attached hydrogen (secondary N) is 1. The number of fused-ring (bicyclic) bond motifs is 1. The van der Waals surface area contributed by atoms with Crippen LogP contribution in [0.1, 0.15) is 5.56 Å². The van der Waals surface area contributed by atoms with Gasteiger partial charge in [-0.25, -0.2) is 18.4 Å². The van der Waals surface area contributed by atoms with Gasteiger partial charge in [0.2, 0.25) is 0 Å². The Labute approximate surface area is 139 Å². The molecule has 0 aliphatic carbocycles. The topological polar surface area (TPSA) is 72.3 Å². The van der Waals surface area contributed by atoms with E-state index in [-0.39, 0.29) is 17.1 Å². The van der Waals surface area contributed by atoms with E-state index >= 15 is 0 Å². The Hall–Kier alpha value is -2.87. The second kappa shape index (κ2) is 5.64. The Kier molecular flexibility index (Phi) is 3.46. The molecule has 4 rings (SSSR count). The van der Waals surface area contributed by atoms with Gasteiger partial charge in [-0.2, -0.15) is 5.10 Å².